The van der Waals surface area contributed by atoms with Gasteiger partial charge in [-0.15, -0.1) is 0 Å². The molecule has 1 nitrogen and oxygen atoms in total. The van der Waals surface area contributed by atoms with Crippen LogP contribution in [0.25, 0.3) is 10.8 Å². The van der Waals surface area contributed by atoms with Gasteiger partial charge < -0.3 is 5.73 Å². The van der Waals surface area contributed by atoms with Crippen molar-refractivity contribution in [3.05, 3.63) is 48.0 Å². The Kier molecular flexibility index (Phi) is 3.08. The van der Waals surface area contributed by atoms with Gasteiger partial charge in [0.15, 0.2) is 0 Å². The van der Waals surface area contributed by atoms with E-state index in [4.69, 9.17) is 5.73 Å². The van der Waals surface area contributed by atoms with E-state index in [1.807, 2.05) is 11.8 Å². The van der Waals surface area contributed by atoms with Crippen LogP contribution in [0.5, 0.6) is 0 Å². The lowest BCUT2D eigenvalue weighted by Gasteiger charge is -2.15. The molecule has 1 saturated heterocycles. The molecule has 2 heteroatoms. The van der Waals surface area contributed by atoms with Crippen LogP contribution in [0.3, 0.4) is 0 Å². The second-order valence-corrected chi connectivity index (χ2v) is 5.88. The van der Waals surface area contributed by atoms with Crippen LogP contribution >= 0.6 is 11.8 Å². The molecule has 1 heterocycles. The highest BCUT2D eigenvalue weighted by atomic mass is 32.2. The molecule has 2 unspecified atom stereocenters. The normalized spacial score (nSPS) is 24.3. The Balaban J connectivity index is 1.94. The second-order valence-electron chi connectivity index (χ2n) is 4.80. The van der Waals surface area contributed by atoms with Crippen molar-refractivity contribution in [3.63, 3.8) is 0 Å². The summed E-state index contributed by atoms with van der Waals surface area (Å²) in [5.41, 5.74) is 7.60. The largest absolute Gasteiger partial charge is 0.327 e. The summed E-state index contributed by atoms with van der Waals surface area (Å²) in [4.78, 5) is 0. The van der Waals surface area contributed by atoms with Gasteiger partial charge in [-0.1, -0.05) is 42.5 Å². The Morgan fingerprint density at radius 3 is 2.71 bits per heavy atom. The van der Waals surface area contributed by atoms with Gasteiger partial charge in [-0.3, -0.25) is 0 Å². The predicted molar refractivity (Wildman–Crippen MR) is 76.4 cm³/mol. The maximum atomic E-state index is 6.15. The molecule has 2 atom stereocenters. The summed E-state index contributed by atoms with van der Waals surface area (Å²) in [6.07, 6.45) is 1.12. The maximum absolute atomic E-state index is 6.15. The number of nitrogens with two attached hydrogens (primary N) is 1. The first-order chi connectivity index (χ1) is 8.34. The molecule has 0 bridgehead atoms. The van der Waals surface area contributed by atoms with E-state index in [1.165, 1.54) is 22.1 Å². The molecule has 3 rings (SSSR count). The Bertz CT molecular complexity index is 518. The average Bonchev–Trinajstić information content (AvgIpc) is 2.76. The summed E-state index contributed by atoms with van der Waals surface area (Å²) in [6, 6.07) is 15.6. The van der Waals surface area contributed by atoms with Crippen LogP contribution in [0.1, 0.15) is 5.56 Å². The van der Waals surface area contributed by atoms with Crippen molar-refractivity contribution in [3.8, 4) is 0 Å². The minimum absolute atomic E-state index is 0.374. The van der Waals surface area contributed by atoms with Crippen molar-refractivity contribution in [1.82, 2.24) is 0 Å². The number of rotatable bonds is 2. The third-order valence-corrected chi connectivity index (χ3v) is 4.89. The molecule has 88 valence electrons. The fourth-order valence-electron chi connectivity index (χ4n) is 2.58. The molecule has 0 amide bonds. The first kappa shape index (κ1) is 11.1. The quantitative estimate of drug-likeness (QED) is 0.877. The molecule has 0 aliphatic carbocycles. The molecule has 0 radical (unpaired) electrons. The van der Waals surface area contributed by atoms with Crippen LogP contribution in [0.2, 0.25) is 0 Å². The molecule has 2 N–H and O–H groups in total. The Morgan fingerprint density at radius 1 is 1.06 bits per heavy atom. The zero-order chi connectivity index (χ0) is 11.7. The van der Waals surface area contributed by atoms with E-state index in [0.29, 0.717) is 12.0 Å². The fourth-order valence-corrected chi connectivity index (χ4v) is 3.93. The lowest BCUT2D eigenvalue weighted by Crippen LogP contribution is -2.29. The van der Waals surface area contributed by atoms with Gasteiger partial charge in [-0.2, -0.15) is 11.8 Å². The van der Waals surface area contributed by atoms with Gasteiger partial charge in [0.2, 0.25) is 0 Å². The number of hydrogen-bond donors (Lipinski definition) is 1. The molecule has 0 saturated carbocycles. The van der Waals surface area contributed by atoms with Gasteiger partial charge in [0.05, 0.1) is 0 Å². The highest BCUT2D eigenvalue weighted by Gasteiger charge is 2.24. The monoisotopic (exact) mass is 243 g/mol. The average molecular weight is 243 g/mol. The second kappa shape index (κ2) is 4.71. The van der Waals surface area contributed by atoms with E-state index in [9.17, 15) is 0 Å². The van der Waals surface area contributed by atoms with Gasteiger partial charge in [-0.25, -0.2) is 0 Å². The van der Waals surface area contributed by atoms with E-state index in [-0.39, 0.29) is 0 Å². The van der Waals surface area contributed by atoms with E-state index < -0.39 is 0 Å². The van der Waals surface area contributed by atoms with Crippen LogP contribution in [0.15, 0.2) is 42.5 Å². The molecule has 17 heavy (non-hydrogen) atoms. The van der Waals surface area contributed by atoms with E-state index in [1.54, 1.807) is 0 Å². The third kappa shape index (κ3) is 2.20. The molecule has 1 aliphatic rings. The molecule has 1 aliphatic heterocycles. The van der Waals surface area contributed by atoms with Crippen molar-refractivity contribution in [2.75, 3.05) is 11.5 Å². The first-order valence-corrected chi connectivity index (χ1v) is 7.30. The molecule has 2 aromatic rings. The molecule has 0 spiro atoms. The minimum Gasteiger partial charge on any atom is -0.327 e. The Morgan fingerprint density at radius 2 is 1.88 bits per heavy atom. The summed E-state index contributed by atoms with van der Waals surface area (Å²) < 4.78 is 0. The summed E-state index contributed by atoms with van der Waals surface area (Å²) in [7, 11) is 0. The summed E-state index contributed by atoms with van der Waals surface area (Å²) in [6.45, 7) is 0. The van der Waals surface area contributed by atoms with Gasteiger partial charge in [0.1, 0.15) is 0 Å². The van der Waals surface area contributed by atoms with Crippen LogP contribution in [-0.4, -0.2) is 17.5 Å². The predicted octanol–water partition coefficient (Wildman–Crippen LogP) is 3.07. The Labute approximate surface area is 106 Å². The highest BCUT2D eigenvalue weighted by molar-refractivity contribution is 7.99. The van der Waals surface area contributed by atoms with Gasteiger partial charge in [0.25, 0.3) is 0 Å². The highest BCUT2D eigenvalue weighted by Crippen LogP contribution is 2.28. The van der Waals surface area contributed by atoms with E-state index >= 15 is 0 Å². The van der Waals surface area contributed by atoms with Crippen LogP contribution in [-0.2, 0) is 6.42 Å². The van der Waals surface area contributed by atoms with Crippen molar-refractivity contribution < 1.29 is 0 Å². The Hall–Kier alpha value is -0.990. The molecule has 1 fully saturated rings. The first-order valence-electron chi connectivity index (χ1n) is 6.14. The number of thioether (sulfide) groups is 1. The third-order valence-electron chi connectivity index (χ3n) is 3.61. The topological polar surface area (TPSA) is 26.0 Å². The van der Waals surface area contributed by atoms with Crippen LogP contribution < -0.4 is 5.73 Å². The molecule has 2 aromatic carbocycles. The number of fused-ring (bicyclic) bond motifs is 1. The molecular weight excluding hydrogens is 226 g/mol. The smallest absolute Gasteiger partial charge is 0.0170 e. The van der Waals surface area contributed by atoms with Gasteiger partial charge in [-0.05, 0) is 34.4 Å². The van der Waals surface area contributed by atoms with Crippen molar-refractivity contribution in [2.45, 2.75) is 12.5 Å². The molecule has 0 aromatic heterocycles. The lowest BCUT2D eigenvalue weighted by molar-refractivity contribution is 0.516. The summed E-state index contributed by atoms with van der Waals surface area (Å²) in [5.74, 6) is 2.98. The van der Waals surface area contributed by atoms with Crippen LogP contribution in [0, 0.1) is 5.92 Å². The van der Waals surface area contributed by atoms with Crippen LogP contribution in [0.4, 0.5) is 0 Å². The minimum atomic E-state index is 0.374. The number of benzene rings is 2. The summed E-state index contributed by atoms with van der Waals surface area (Å²) in [5, 5.41) is 2.73. The van der Waals surface area contributed by atoms with E-state index in [0.717, 1.165) is 12.2 Å². The van der Waals surface area contributed by atoms with Crippen molar-refractivity contribution in [2.24, 2.45) is 11.7 Å². The van der Waals surface area contributed by atoms with Gasteiger partial charge in [0, 0.05) is 11.8 Å². The lowest BCUT2D eigenvalue weighted by atomic mass is 9.92. The standard InChI is InChI=1S/C15H17NS/c16-15-10-17-9-13(15)8-12-6-3-5-11-4-1-2-7-14(11)12/h1-7,13,15H,8-10,16H2. The van der Waals surface area contributed by atoms with Gasteiger partial charge >= 0.3 is 0 Å². The maximum Gasteiger partial charge on any atom is 0.0170 e. The van der Waals surface area contributed by atoms with E-state index in [2.05, 4.69) is 42.5 Å². The zero-order valence-electron chi connectivity index (χ0n) is 9.80. The fraction of sp³-hybridized carbons (Fsp3) is 0.333. The zero-order valence-corrected chi connectivity index (χ0v) is 10.6. The molecular formula is C15H17NS. The van der Waals surface area contributed by atoms with Crippen molar-refractivity contribution in [1.29, 1.82) is 0 Å². The SMILES string of the molecule is NC1CSCC1Cc1cccc2ccccc12. The van der Waals surface area contributed by atoms with Crippen molar-refractivity contribution >= 4 is 22.5 Å². The number of hydrogen-bond acceptors (Lipinski definition) is 2. The summed E-state index contributed by atoms with van der Waals surface area (Å²) >= 11 is 1.99.